The van der Waals surface area contributed by atoms with Gasteiger partial charge in [-0.05, 0) is 300 Å². The van der Waals surface area contributed by atoms with Gasteiger partial charge in [0.15, 0.2) is 0 Å². The van der Waals surface area contributed by atoms with Crippen molar-refractivity contribution in [2.45, 2.75) is 113 Å². The van der Waals surface area contributed by atoms with Crippen molar-refractivity contribution < 1.29 is 139 Å². The van der Waals surface area contributed by atoms with Crippen molar-refractivity contribution in [1.82, 2.24) is 91.2 Å². The van der Waals surface area contributed by atoms with Gasteiger partial charge in [-0.3, -0.25) is 0 Å². The number of hydrogen-bond donors (Lipinski definition) is 12. The molecule has 0 saturated carbocycles. The average molecular weight is 1780 g/mol. The van der Waals surface area contributed by atoms with E-state index in [9.17, 15) is 28.8 Å². The minimum Gasteiger partial charge on any atom is -0.447 e. The van der Waals surface area contributed by atoms with Gasteiger partial charge in [0.05, 0.1) is 60.9 Å². The Bertz CT molecular complexity index is 8580. The number of carbonyl (C=O) groups excluding carboxylic acids is 6. The third kappa shape index (κ3) is 26.5. The van der Waals surface area contributed by atoms with Gasteiger partial charge in [-0.1, -0.05) is 36.4 Å². The maximum Gasteiger partial charge on any atom is 0.407 e. The number of aryl methyl sites for hydroxylation is 3. The Morgan fingerprint density at radius 2 is 0.508 bits per heavy atom. The monoisotopic (exact) mass is 1780 g/mol. The van der Waals surface area contributed by atoms with Gasteiger partial charge in [-0.15, -0.1) is 0 Å². The minimum absolute atomic E-state index is 0.0235. The second-order valence-electron chi connectivity index (χ2n) is 28.0. The van der Waals surface area contributed by atoms with E-state index in [1.807, 2.05) is 0 Å². The van der Waals surface area contributed by atoms with Crippen molar-refractivity contribution in [3.8, 4) is 0 Å². The Labute approximate surface area is 820 Å². The van der Waals surface area contributed by atoms with Gasteiger partial charge < -0.3 is 120 Å². The summed E-state index contributed by atoms with van der Waals surface area (Å²) in [4.78, 5) is 89.4. The number of nitrogens with zero attached hydrogens (tertiary/aromatic N) is 6. The Kier molecular flexibility index (Phi) is 14.6. The summed E-state index contributed by atoms with van der Waals surface area (Å²) in [6.45, 7) is -42.5. The second-order valence-corrected chi connectivity index (χ2v) is 28.0. The third-order valence-electron chi connectivity index (χ3n) is 17.9. The van der Waals surface area contributed by atoms with E-state index in [1.54, 1.807) is 39.2 Å². The SMILES string of the molecule is [2H]c1[nH]c2ccc(C([2H])([2H])[C@@H]3NC(=O)OC3([2H])[2H])cc2c1C([2H])([2H])CN(C([2H])([2H])[2H])C([2H])([2H])[2H].[2H]c1[nH]c2ccc(C([2H])([2H])[C@@H]3NC(=O)OC3([2H])[2H])cc2c1C([2H])([2H])CN(C)C.[2H]c1[nH]c2ccc(C([2H])([2H])[C@@H]3NC(=O)OC3([2H])[2H])cc2c1C([2H])([2H])CN(C)C([2H])([2H])[2H].[2H]c1[nH]c2ccc(C([2H])([2H])[C@@H]3NC(=O)OC3([2H])[2H])cc2c1CC([2H])([2H])N(C([2H])([2H])[2H])C([2H])([2H])[2H].[2H]c1[nH]c2ccc(C([2H])([2H])[C@@H]3NC(=O)OC3([2H])[2H])cc2c1CC([2H])([2H])N(C)C.[2H]c1[nH]c2ccc(C([2H])([2H])[C@@H]3NC(=O)OC3([2H])[2H])cc2c1CC([2H])([2H])N(C)C([2H])([2H])[2H]. The third-order valence-corrected chi connectivity index (χ3v) is 17.9. The van der Waals surface area contributed by atoms with Crippen LogP contribution in [0.15, 0.2) is 146 Å². The quantitative estimate of drug-likeness (QED) is 0.0186. The van der Waals surface area contributed by atoms with Crippen LogP contribution in [0.1, 0.15) is 149 Å². The highest BCUT2D eigenvalue weighted by Gasteiger charge is 2.29. The van der Waals surface area contributed by atoms with Crippen molar-refractivity contribution in [1.29, 1.82) is 0 Å². The lowest BCUT2D eigenvalue weighted by Crippen LogP contribution is -2.28. The van der Waals surface area contributed by atoms with Crippen LogP contribution in [0.4, 0.5) is 28.8 Å². The van der Waals surface area contributed by atoms with Crippen LogP contribution in [-0.4, -0.2) is 295 Å². The Morgan fingerprint density at radius 3 is 0.730 bits per heavy atom. The Morgan fingerprint density at radius 1 is 0.294 bits per heavy atom. The fourth-order valence-electron chi connectivity index (χ4n) is 12.2. The molecule has 6 aliphatic heterocycles. The van der Waals surface area contributed by atoms with Gasteiger partial charge in [-0.25, -0.2) is 28.8 Å². The first-order valence-electron chi connectivity index (χ1n) is 67.9. The molecule has 6 fully saturated rings. The molecule has 30 heteroatoms. The molecule has 18 rings (SSSR count). The first-order chi connectivity index (χ1) is 83.8. The van der Waals surface area contributed by atoms with Crippen molar-refractivity contribution in [2.75, 3.05) is 163 Å². The molecule has 12 aromatic rings. The van der Waals surface area contributed by atoms with Crippen LogP contribution in [0.3, 0.4) is 0 Å². The summed E-state index contributed by atoms with van der Waals surface area (Å²) in [5, 5.41) is 14.1. The first-order valence-corrected chi connectivity index (χ1v) is 37.9. The van der Waals surface area contributed by atoms with Crippen molar-refractivity contribution in [2.24, 2.45) is 0 Å². The van der Waals surface area contributed by atoms with Gasteiger partial charge >= 0.3 is 36.6 Å². The van der Waals surface area contributed by atoms with Crippen LogP contribution in [0, 0.1) is 0 Å². The standard InChI is InChI=1S/6C16H21N3O2/c6*1-19(2)6-5-12-9-17-15-4-3-11(8-14(12)15)7-13-10-21-16(20)18-13/h6*3-4,8-9,13,17H,5-7,10H2,1-2H3,(H,18,20)/t6*13-/m000000/s1/i1D3,2D3,6D2,7D2,9D,10D2;1D3,2D3,5D2,7D2,9D,10D2;1D3,6D2,7D2,9D,10D2;1D3,5D2,7D2,9D,10D2;6D2,7D2,9D,10D2;5D2,7D2,9D,10D2. The predicted molar refractivity (Wildman–Crippen MR) is 495 cm³/mol. The zero-order chi connectivity index (χ0) is 141. The molecule has 6 aliphatic rings. The molecule has 672 valence electrons. The number of H-pyrrole nitrogens is 6. The highest BCUT2D eigenvalue weighted by Crippen LogP contribution is 2.29. The maximum absolute atomic E-state index is 11.5. The summed E-state index contributed by atoms with van der Waals surface area (Å²) < 4.78 is 504. The van der Waals surface area contributed by atoms with E-state index in [-0.39, 0.29) is 136 Å². The lowest BCUT2D eigenvalue weighted by molar-refractivity contribution is 0.176. The van der Waals surface area contributed by atoms with Crippen molar-refractivity contribution in [3.63, 3.8) is 0 Å². The number of rotatable bonds is 30. The zero-order valence-corrected chi connectivity index (χ0v) is 67.7. The number of amides is 6. The average Bonchev–Trinajstić information content (AvgIpc) is 1.79. The number of aromatic amines is 6. The molecule has 6 amide bonds. The summed E-state index contributed by atoms with van der Waals surface area (Å²) in [6.07, 6.45) is -30.6. The number of nitrogens with one attached hydrogen (secondary N) is 12. The smallest absolute Gasteiger partial charge is 0.407 e. The van der Waals surface area contributed by atoms with Crippen LogP contribution in [0.5, 0.6) is 0 Å². The summed E-state index contributed by atoms with van der Waals surface area (Å²) >= 11 is 0. The van der Waals surface area contributed by atoms with Crippen molar-refractivity contribution >= 4 is 102 Å². The second kappa shape index (κ2) is 43.7. The highest BCUT2D eigenvalue weighted by atomic mass is 16.6. The Hall–Kier alpha value is -12.1. The molecule has 30 nitrogen and oxygen atoms in total. The van der Waals surface area contributed by atoms with Crippen LogP contribution < -0.4 is 31.9 Å². The summed E-state index contributed by atoms with van der Waals surface area (Å²) in [5.74, 6) is 0. The maximum atomic E-state index is 11.5. The van der Waals surface area contributed by atoms with Crippen LogP contribution in [0.25, 0.3) is 65.4 Å². The van der Waals surface area contributed by atoms with Gasteiger partial charge in [0, 0.05) is 199 Å². The largest absolute Gasteiger partial charge is 0.447 e. The number of hydrogen-bond acceptors (Lipinski definition) is 18. The summed E-state index contributed by atoms with van der Waals surface area (Å²) in [7, 11) is 8.95. The lowest BCUT2D eigenvalue weighted by atomic mass is 10.0. The molecule has 12 heterocycles. The fourth-order valence-corrected chi connectivity index (χ4v) is 12.2. The van der Waals surface area contributed by atoms with E-state index >= 15 is 0 Å². The van der Waals surface area contributed by atoms with Gasteiger partial charge in [-0.2, -0.15) is 0 Å². The summed E-state index contributed by atoms with van der Waals surface area (Å²) in [6, 6.07) is 14.7. The van der Waals surface area contributed by atoms with E-state index in [4.69, 9.17) is 82.2 Å². The van der Waals surface area contributed by atoms with E-state index in [1.165, 1.54) is 109 Å². The highest BCUT2D eigenvalue weighted by molar-refractivity contribution is 5.88. The molecule has 0 unspecified atom stereocenters. The lowest BCUT2D eigenvalue weighted by Gasteiger charge is -2.09. The van der Waals surface area contributed by atoms with E-state index < -0.39 is 269 Å². The molecule has 0 spiro atoms. The minimum atomic E-state index is -3.32. The van der Waals surface area contributed by atoms with E-state index in [2.05, 4.69) is 90.2 Å². The van der Waals surface area contributed by atoms with Gasteiger partial charge in [0.2, 0.25) is 0 Å². The molecular formula is C96H126N18O12. The predicted octanol–water partition coefficient (Wildman–Crippen LogP) is 11.5. The molecule has 126 heavy (non-hydrogen) atoms. The number of ether oxygens (including phenoxy) is 6. The molecule has 0 bridgehead atoms. The summed E-state index contributed by atoms with van der Waals surface area (Å²) in [5.41, 5.74) is 1.90. The van der Waals surface area contributed by atoms with E-state index in [0.29, 0.717) is 48.7 Å². The fraction of sp³-hybridized carbons (Fsp3) is 0.438. The number of carbonyl (C=O) groups is 6. The number of aromatic nitrogens is 6. The number of likely N-dealkylation sites (N-methyl/N-ethyl adjacent to an activating group) is 6. The van der Waals surface area contributed by atoms with Crippen molar-refractivity contribution in [3.05, 3.63) is 213 Å². The topological polar surface area (TPSA) is 344 Å². The van der Waals surface area contributed by atoms with Gasteiger partial charge in [0.25, 0.3) is 0 Å². The number of benzene rings is 6. The molecule has 6 saturated heterocycles. The number of cyclic esters (lactones) is 6. The molecule has 6 atom stereocenters. The van der Waals surface area contributed by atoms with Crippen LogP contribution >= 0.6 is 0 Å². The molecule has 6 aromatic heterocycles. The molecule has 6 aromatic carbocycles. The van der Waals surface area contributed by atoms with Gasteiger partial charge in [0.1, 0.15) is 39.4 Å². The number of alkyl carbamates (subject to hydrolysis) is 6. The molecule has 12 N–H and O–H groups in total. The first kappa shape index (κ1) is 42.0. The van der Waals surface area contributed by atoms with Crippen LogP contribution in [0.2, 0.25) is 0 Å². The molecule has 0 radical (unpaired) electrons. The number of fused-ring (bicyclic) bond motifs is 6. The van der Waals surface area contributed by atoms with Crippen LogP contribution in [-0.2, 0) is 105 Å². The normalized spacial score (nSPS) is 29.6. The molecule has 0 aliphatic carbocycles. The Balaban J connectivity index is 0.000000181. The van der Waals surface area contributed by atoms with E-state index in [0.717, 1.165) is 18.0 Å². The zero-order valence-electron chi connectivity index (χ0n) is 128. The molecular weight excluding hydrogens is 1600 g/mol.